The summed E-state index contributed by atoms with van der Waals surface area (Å²) in [5.41, 5.74) is 6.65. The van der Waals surface area contributed by atoms with Crippen LogP contribution in [-0.4, -0.2) is 246 Å². The maximum Gasteiger partial charge on any atom is 0.187 e. The van der Waals surface area contributed by atoms with Crippen molar-refractivity contribution in [3.8, 4) is 0 Å². The molecular formula is C33H57NO23. The van der Waals surface area contributed by atoms with Gasteiger partial charge in [0.1, 0.15) is 104 Å². The summed E-state index contributed by atoms with van der Waals surface area (Å²) < 4.78 is 57.8. The quantitative estimate of drug-likeness (QED) is 0.0722. The molecule has 24 nitrogen and oxygen atoms in total. The minimum atomic E-state index is -1.97. The van der Waals surface area contributed by atoms with E-state index in [-0.39, 0.29) is 6.61 Å². The number of hydrogen-bond donors (Lipinski definition) is 14. The highest BCUT2D eigenvalue weighted by atomic mass is 16.8. The second kappa shape index (κ2) is 20.1. The number of nitrogens with two attached hydrogens (primary N) is 1. The first-order valence-electron chi connectivity index (χ1n) is 18.5. The van der Waals surface area contributed by atoms with Gasteiger partial charge < -0.3 is 119 Å². The van der Waals surface area contributed by atoms with Gasteiger partial charge in [-0.25, -0.2) is 0 Å². The average molecular weight is 836 g/mol. The molecule has 0 amide bonds. The van der Waals surface area contributed by atoms with E-state index in [9.17, 15) is 66.4 Å². The third kappa shape index (κ3) is 9.80. The number of aliphatic hydroxyl groups is 13. The van der Waals surface area contributed by atoms with Gasteiger partial charge >= 0.3 is 0 Å². The molecule has 0 saturated carbocycles. The molecule has 5 fully saturated rings. The lowest BCUT2D eigenvalue weighted by atomic mass is 9.94. The summed E-state index contributed by atoms with van der Waals surface area (Å²) in [6.45, 7) is 3.57. The fraction of sp³-hybridized carbons (Fsp3) is 0.939. The van der Waals surface area contributed by atoms with Crippen molar-refractivity contribution >= 4 is 0 Å². The van der Waals surface area contributed by atoms with E-state index in [1.165, 1.54) is 19.9 Å². The molecular weight excluding hydrogens is 778 g/mol. The molecule has 12 unspecified atom stereocenters. The average Bonchev–Trinajstić information content (AvgIpc) is 3.19. The lowest BCUT2D eigenvalue weighted by Crippen LogP contribution is -2.70. The molecule has 0 aromatic carbocycles. The smallest absolute Gasteiger partial charge is 0.187 e. The largest absolute Gasteiger partial charge is 0.394 e. The molecule has 0 aromatic rings. The fourth-order valence-corrected chi connectivity index (χ4v) is 7.23. The molecule has 5 aliphatic rings. The van der Waals surface area contributed by atoms with E-state index >= 15 is 0 Å². The van der Waals surface area contributed by atoms with Crippen LogP contribution in [0.25, 0.3) is 0 Å². The van der Waals surface area contributed by atoms with E-state index < -0.39 is 173 Å². The van der Waals surface area contributed by atoms with Crippen molar-refractivity contribution < 1.29 is 114 Å². The van der Waals surface area contributed by atoms with Crippen LogP contribution in [0.3, 0.4) is 0 Å². The Morgan fingerprint density at radius 1 is 0.456 bits per heavy atom. The van der Waals surface area contributed by atoms with E-state index in [0.29, 0.717) is 0 Å². The Hall–Kier alpha value is -1.22. The van der Waals surface area contributed by atoms with E-state index in [2.05, 4.69) is 6.58 Å². The van der Waals surface area contributed by atoms with Crippen molar-refractivity contribution in [3.63, 3.8) is 0 Å². The van der Waals surface area contributed by atoms with E-state index in [1.54, 1.807) is 0 Å². The normalized spacial score (nSPS) is 52.4. The van der Waals surface area contributed by atoms with Gasteiger partial charge in [0.2, 0.25) is 0 Å². The number of hydrogen-bond acceptors (Lipinski definition) is 24. The Kier molecular flexibility index (Phi) is 16.5. The highest BCUT2D eigenvalue weighted by Crippen LogP contribution is 2.36. The minimum Gasteiger partial charge on any atom is -0.394 e. The molecule has 57 heavy (non-hydrogen) atoms. The molecule has 0 radical (unpaired) electrons. The topological polar surface area (TPSA) is 381 Å². The first-order valence-corrected chi connectivity index (χ1v) is 18.5. The summed E-state index contributed by atoms with van der Waals surface area (Å²) in [7, 11) is 0. The van der Waals surface area contributed by atoms with Crippen LogP contribution >= 0.6 is 0 Å². The summed E-state index contributed by atoms with van der Waals surface area (Å²) in [5.74, 6) is 0. The van der Waals surface area contributed by atoms with Crippen LogP contribution in [0.15, 0.2) is 12.7 Å². The van der Waals surface area contributed by atoms with Crippen LogP contribution in [-0.2, 0) is 47.4 Å². The number of aliphatic hydroxyl groups excluding tert-OH is 13. The molecule has 0 bridgehead atoms. The molecule has 5 aliphatic heterocycles. The molecule has 5 rings (SSSR count). The molecule has 0 spiro atoms. The first-order chi connectivity index (χ1) is 27.0. The van der Waals surface area contributed by atoms with Crippen LogP contribution < -0.4 is 5.73 Å². The van der Waals surface area contributed by atoms with Gasteiger partial charge in [0.25, 0.3) is 0 Å². The Morgan fingerprint density at radius 3 is 1.44 bits per heavy atom. The van der Waals surface area contributed by atoms with Gasteiger partial charge in [0.15, 0.2) is 31.5 Å². The Labute approximate surface area is 325 Å². The molecule has 15 N–H and O–H groups in total. The lowest BCUT2D eigenvalue weighted by molar-refractivity contribution is -0.397. The van der Waals surface area contributed by atoms with Gasteiger partial charge in [-0.2, -0.15) is 0 Å². The molecule has 332 valence electrons. The van der Waals surface area contributed by atoms with Gasteiger partial charge in [-0.1, -0.05) is 6.08 Å². The standard InChI is InChI=1S/C33H57NO23/c1-4-5-48-30-24(47)27(18(41)12(7-36)51-30)56-29-14(34)26(55-31-22(45)19(42)15(38)9(2)49-31)25(13(8-37)53-29)54-33-28(21(44)17(40)11(6-35)52-33)57-32-23(46)20(43)16(39)10(3)50-32/h4,9-33,35-47H,1,5-8,34H2,2-3H3/t9?,10?,11?,12?,13?,14?,15-,16-,17+,18+,19?,20+,21+,22-,23?,24?,25-,26-,27+,28?,29?,30?,31+,32+,33+/m1/s1. The van der Waals surface area contributed by atoms with Gasteiger partial charge in [0, 0.05) is 0 Å². The Morgan fingerprint density at radius 2 is 0.912 bits per heavy atom. The maximum atomic E-state index is 11.2. The van der Waals surface area contributed by atoms with Crippen molar-refractivity contribution in [1.82, 2.24) is 0 Å². The second-order valence-electron chi connectivity index (χ2n) is 14.6. The van der Waals surface area contributed by atoms with Crippen molar-refractivity contribution in [2.24, 2.45) is 5.73 Å². The molecule has 0 aliphatic carbocycles. The summed E-state index contributed by atoms with van der Waals surface area (Å²) in [6, 6.07) is -1.62. The van der Waals surface area contributed by atoms with Gasteiger partial charge in [0.05, 0.1) is 44.7 Å². The van der Waals surface area contributed by atoms with Gasteiger partial charge in [-0.3, -0.25) is 0 Å². The van der Waals surface area contributed by atoms with Crippen LogP contribution in [0.2, 0.25) is 0 Å². The van der Waals surface area contributed by atoms with Crippen LogP contribution in [0.4, 0.5) is 0 Å². The Bertz CT molecular complexity index is 1260. The fourth-order valence-electron chi connectivity index (χ4n) is 7.23. The molecule has 24 heteroatoms. The zero-order chi connectivity index (χ0) is 42.0. The molecule has 5 saturated heterocycles. The van der Waals surface area contributed by atoms with E-state index in [1.807, 2.05) is 0 Å². The number of rotatable bonds is 14. The van der Waals surface area contributed by atoms with Gasteiger partial charge in [-0.05, 0) is 13.8 Å². The van der Waals surface area contributed by atoms with Gasteiger partial charge in [-0.15, -0.1) is 6.58 Å². The highest BCUT2D eigenvalue weighted by molar-refractivity contribution is 5.00. The molecule has 25 atom stereocenters. The second-order valence-corrected chi connectivity index (χ2v) is 14.6. The van der Waals surface area contributed by atoms with Crippen LogP contribution in [0.1, 0.15) is 13.8 Å². The zero-order valence-corrected chi connectivity index (χ0v) is 31.0. The molecule has 5 heterocycles. The molecule has 0 aromatic heterocycles. The van der Waals surface area contributed by atoms with Crippen molar-refractivity contribution in [2.75, 3.05) is 26.4 Å². The summed E-state index contributed by atoms with van der Waals surface area (Å²) in [5, 5.41) is 138. The number of ether oxygens (including phenoxy) is 10. The SMILES string of the molecule is C=CCOC1OC(CO)[C@H](O)[C@H](OC2OC(CO)[C@@H](O[C@@H]3OC(CO)[C@H](O)[C@H](O)C3O[C@@H]3OC(C)[C@@H](O)[C@H](O)C3O)[C@H](O[C@@H]3OC(C)[C@@H](O)C(O)[C@H]3O)C2N)C1O. The predicted molar refractivity (Wildman–Crippen MR) is 180 cm³/mol. The minimum absolute atomic E-state index is 0.115. The maximum absolute atomic E-state index is 11.2. The van der Waals surface area contributed by atoms with E-state index in [4.69, 9.17) is 53.1 Å². The van der Waals surface area contributed by atoms with Crippen molar-refractivity contribution in [3.05, 3.63) is 12.7 Å². The summed E-state index contributed by atoms with van der Waals surface area (Å²) in [6.07, 6.45) is -38.6. The summed E-state index contributed by atoms with van der Waals surface area (Å²) >= 11 is 0. The third-order valence-corrected chi connectivity index (χ3v) is 10.7. The Balaban J connectivity index is 1.48. The van der Waals surface area contributed by atoms with Crippen molar-refractivity contribution in [2.45, 2.75) is 167 Å². The third-order valence-electron chi connectivity index (χ3n) is 10.7. The highest BCUT2D eigenvalue weighted by Gasteiger charge is 2.57. The predicted octanol–water partition coefficient (Wildman–Crippen LogP) is -8.69. The lowest BCUT2D eigenvalue weighted by Gasteiger charge is -2.51. The first kappa shape index (κ1) is 46.8. The van der Waals surface area contributed by atoms with Crippen LogP contribution in [0.5, 0.6) is 0 Å². The summed E-state index contributed by atoms with van der Waals surface area (Å²) in [4.78, 5) is 0. The van der Waals surface area contributed by atoms with Crippen molar-refractivity contribution in [1.29, 1.82) is 0 Å². The monoisotopic (exact) mass is 835 g/mol. The zero-order valence-electron chi connectivity index (χ0n) is 31.0. The van der Waals surface area contributed by atoms with Crippen LogP contribution in [0, 0.1) is 0 Å². The van der Waals surface area contributed by atoms with E-state index in [0.717, 1.165) is 0 Å².